The van der Waals surface area contributed by atoms with Crippen molar-refractivity contribution in [2.75, 3.05) is 13.1 Å². The molecule has 0 atom stereocenters. The molecular weight excluding hydrogens is 583 g/mol. The first-order valence-corrected chi connectivity index (χ1v) is 15.3. The van der Waals surface area contributed by atoms with Gasteiger partial charge in [0.2, 0.25) is 11.8 Å². The average Bonchev–Trinajstić information content (AvgIpc) is 3.37. The third-order valence-corrected chi connectivity index (χ3v) is 7.68. The SMILES string of the molecule is Cn1nc(-c2ccc(OCc3ccccc3)nc2OCc2ccccc2)c2cc(F)c(C3=CCN(C(=O)OC(C)(C)C)CC3)cc21. The predicted octanol–water partition coefficient (Wildman–Crippen LogP) is 7.96. The number of fused-ring (bicyclic) bond motifs is 1. The van der Waals surface area contributed by atoms with Crippen LogP contribution in [0.1, 0.15) is 43.9 Å². The fourth-order valence-electron chi connectivity index (χ4n) is 5.38. The normalized spacial score (nSPS) is 13.4. The molecule has 236 valence electrons. The van der Waals surface area contributed by atoms with Crippen LogP contribution in [0.15, 0.2) is 91.0 Å². The van der Waals surface area contributed by atoms with Gasteiger partial charge in [0.05, 0.1) is 11.1 Å². The molecule has 0 aliphatic carbocycles. The largest absolute Gasteiger partial charge is 0.473 e. The first kappa shape index (κ1) is 30.8. The molecular formula is C37H37FN4O4. The van der Waals surface area contributed by atoms with Crippen LogP contribution in [0.3, 0.4) is 0 Å². The number of carbonyl (C=O) groups excluding carboxylic acids is 1. The van der Waals surface area contributed by atoms with E-state index < -0.39 is 5.60 Å². The number of aromatic nitrogens is 3. The molecule has 0 saturated heterocycles. The molecule has 6 rings (SSSR count). The molecule has 0 unspecified atom stereocenters. The standard InChI is InChI=1S/C37H37FN4O4/c1-37(2,3)46-36(43)42-19-17-27(18-20-42)29-22-32-30(21-31(29)38)34(40-41(32)4)28-15-16-33(44-23-25-11-7-5-8-12-25)39-35(28)45-24-26-13-9-6-10-14-26/h5-17,21-22H,18-20,23-24H2,1-4H3. The second kappa shape index (κ2) is 13.0. The van der Waals surface area contributed by atoms with Gasteiger partial charge in [-0.1, -0.05) is 66.7 Å². The van der Waals surface area contributed by atoms with Crippen molar-refractivity contribution in [1.82, 2.24) is 19.7 Å². The van der Waals surface area contributed by atoms with Gasteiger partial charge in [-0.3, -0.25) is 4.68 Å². The highest BCUT2D eigenvalue weighted by molar-refractivity contribution is 5.96. The zero-order chi connectivity index (χ0) is 32.3. The molecule has 1 aliphatic heterocycles. The smallest absolute Gasteiger partial charge is 0.410 e. The summed E-state index contributed by atoms with van der Waals surface area (Å²) in [6, 6.07) is 26.7. The summed E-state index contributed by atoms with van der Waals surface area (Å²) < 4.78 is 35.3. The van der Waals surface area contributed by atoms with Crippen molar-refractivity contribution in [2.45, 2.75) is 46.0 Å². The number of halogens is 1. The molecule has 3 aromatic carbocycles. The van der Waals surface area contributed by atoms with Crippen LogP contribution >= 0.6 is 0 Å². The number of rotatable bonds is 8. The van der Waals surface area contributed by atoms with Crippen molar-refractivity contribution in [3.63, 3.8) is 0 Å². The summed E-state index contributed by atoms with van der Waals surface area (Å²) >= 11 is 0. The minimum absolute atomic E-state index is 0.292. The monoisotopic (exact) mass is 620 g/mol. The summed E-state index contributed by atoms with van der Waals surface area (Å²) in [6.07, 6.45) is 2.03. The predicted molar refractivity (Wildman–Crippen MR) is 176 cm³/mol. The molecule has 5 aromatic rings. The Kier molecular flexibility index (Phi) is 8.74. The second-order valence-corrected chi connectivity index (χ2v) is 12.3. The molecule has 46 heavy (non-hydrogen) atoms. The summed E-state index contributed by atoms with van der Waals surface area (Å²) in [4.78, 5) is 18.9. The van der Waals surface area contributed by atoms with Gasteiger partial charge in [-0.15, -0.1) is 0 Å². The average molecular weight is 621 g/mol. The van der Waals surface area contributed by atoms with Crippen LogP contribution in [0.4, 0.5) is 9.18 Å². The van der Waals surface area contributed by atoms with Crippen molar-refractivity contribution in [1.29, 1.82) is 0 Å². The van der Waals surface area contributed by atoms with Crippen molar-refractivity contribution in [3.8, 4) is 23.0 Å². The Labute approximate surface area is 268 Å². The molecule has 0 N–H and O–H groups in total. The van der Waals surface area contributed by atoms with Gasteiger partial charge in [0.15, 0.2) is 0 Å². The minimum Gasteiger partial charge on any atom is -0.473 e. The van der Waals surface area contributed by atoms with E-state index in [9.17, 15) is 4.79 Å². The number of pyridine rings is 1. The number of benzene rings is 3. The third kappa shape index (κ3) is 7.04. The molecule has 0 fully saturated rings. The van der Waals surface area contributed by atoms with E-state index in [1.807, 2.05) is 107 Å². The number of carbonyl (C=O) groups is 1. The number of ether oxygens (including phenoxy) is 3. The van der Waals surface area contributed by atoms with Crippen molar-refractivity contribution in [3.05, 3.63) is 114 Å². The first-order valence-electron chi connectivity index (χ1n) is 15.3. The highest BCUT2D eigenvalue weighted by Gasteiger charge is 2.26. The van der Waals surface area contributed by atoms with Crippen molar-refractivity contribution >= 4 is 22.6 Å². The minimum atomic E-state index is -0.576. The van der Waals surface area contributed by atoms with Crippen LogP contribution in [-0.4, -0.2) is 44.4 Å². The quantitative estimate of drug-likeness (QED) is 0.175. The van der Waals surface area contributed by atoms with Crippen LogP contribution in [0.2, 0.25) is 0 Å². The van der Waals surface area contributed by atoms with E-state index in [2.05, 4.69) is 0 Å². The molecule has 0 saturated carbocycles. The maximum Gasteiger partial charge on any atom is 0.410 e. The summed E-state index contributed by atoms with van der Waals surface area (Å²) in [6.45, 7) is 6.96. The molecule has 0 bridgehead atoms. The van der Waals surface area contributed by atoms with Gasteiger partial charge in [-0.25, -0.2) is 9.18 Å². The highest BCUT2D eigenvalue weighted by Crippen LogP contribution is 2.37. The Morgan fingerprint density at radius 3 is 2.20 bits per heavy atom. The zero-order valence-electron chi connectivity index (χ0n) is 26.5. The third-order valence-electron chi connectivity index (χ3n) is 7.68. The van der Waals surface area contributed by atoms with E-state index in [0.717, 1.165) is 22.2 Å². The number of aryl methyl sites for hydroxylation is 1. The molecule has 8 nitrogen and oxygen atoms in total. The summed E-state index contributed by atoms with van der Waals surface area (Å²) in [5, 5.41) is 5.43. The van der Waals surface area contributed by atoms with E-state index in [0.29, 0.717) is 66.7 Å². The van der Waals surface area contributed by atoms with Gasteiger partial charge in [-0.05, 0) is 62.1 Å². The topological polar surface area (TPSA) is 78.7 Å². The Bertz CT molecular complexity index is 1880. The molecule has 1 amide bonds. The highest BCUT2D eigenvalue weighted by atomic mass is 19.1. The van der Waals surface area contributed by atoms with Crippen molar-refractivity contribution in [2.24, 2.45) is 7.05 Å². The van der Waals surface area contributed by atoms with E-state index in [-0.39, 0.29) is 11.9 Å². The molecule has 2 aromatic heterocycles. The maximum absolute atomic E-state index is 15.8. The molecule has 9 heteroatoms. The van der Waals surface area contributed by atoms with Gasteiger partial charge in [0.25, 0.3) is 0 Å². The van der Waals surface area contributed by atoms with Gasteiger partial charge < -0.3 is 19.1 Å². The van der Waals surface area contributed by atoms with Crippen LogP contribution in [-0.2, 0) is 25.0 Å². The van der Waals surface area contributed by atoms with Crippen LogP contribution in [0.25, 0.3) is 27.7 Å². The molecule has 0 spiro atoms. The number of nitrogens with zero attached hydrogens (tertiary/aromatic N) is 4. The van der Waals surface area contributed by atoms with E-state index in [1.165, 1.54) is 6.07 Å². The van der Waals surface area contributed by atoms with Gasteiger partial charge in [-0.2, -0.15) is 10.1 Å². The molecule has 3 heterocycles. The summed E-state index contributed by atoms with van der Waals surface area (Å²) in [7, 11) is 1.84. The van der Waals surface area contributed by atoms with Crippen LogP contribution in [0, 0.1) is 5.82 Å². The molecule has 1 aliphatic rings. The first-order chi connectivity index (χ1) is 22.1. The maximum atomic E-state index is 15.8. The van der Waals surface area contributed by atoms with E-state index in [4.69, 9.17) is 24.3 Å². The van der Waals surface area contributed by atoms with E-state index in [1.54, 1.807) is 15.6 Å². The van der Waals surface area contributed by atoms with Gasteiger partial charge in [0.1, 0.15) is 30.3 Å². The lowest BCUT2D eigenvalue weighted by Crippen LogP contribution is -2.39. The van der Waals surface area contributed by atoms with Crippen LogP contribution in [0.5, 0.6) is 11.8 Å². The lowest BCUT2D eigenvalue weighted by molar-refractivity contribution is 0.0270. The second-order valence-electron chi connectivity index (χ2n) is 12.3. The lowest BCUT2D eigenvalue weighted by Gasteiger charge is -2.29. The molecule has 0 radical (unpaired) electrons. The summed E-state index contributed by atoms with van der Waals surface area (Å²) in [5.74, 6) is 0.395. The van der Waals surface area contributed by atoms with E-state index >= 15 is 4.39 Å². The number of amides is 1. The Hall–Kier alpha value is -5.18. The zero-order valence-corrected chi connectivity index (χ0v) is 26.5. The number of hydrogen-bond acceptors (Lipinski definition) is 6. The lowest BCUT2D eigenvalue weighted by atomic mass is 9.97. The fourth-order valence-corrected chi connectivity index (χ4v) is 5.38. The fraction of sp³-hybridized carbons (Fsp3) is 0.270. The van der Waals surface area contributed by atoms with Crippen molar-refractivity contribution < 1.29 is 23.4 Å². The number of hydrogen-bond donors (Lipinski definition) is 0. The van der Waals surface area contributed by atoms with Crippen LogP contribution < -0.4 is 9.47 Å². The Morgan fingerprint density at radius 1 is 0.891 bits per heavy atom. The van der Waals surface area contributed by atoms with Gasteiger partial charge in [0, 0.05) is 37.2 Å². The Morgan fingerprint density at radius 2 is 1.57 bits per heavy atom. The Balaban J connectivity index is 1.30. The summed E-state index contributed by atoms with van der Waals surface area (Å²) in [5.41, 5.74) is 4.72. The van der Waals surface area contributed by atoms with Gasteiger partial charge >= 0.3 is 6.09 Å².